The molecule has 0 radical (unpaired) electrons. The Hall–Kier alpha value is -0.760. The van der Waals surface area contributed by atoms with Crippen LogP contribution < -0.4 is 5.73 Å². The van der Waals surface area contributed by atoms with Crippen LogP contribution in [0.1, 0.15) is 44.0 Å². The van der Waals surface area contributed by atoms with Crippen LogP contribution in [0.2, 0.25) is 0 Å². The maximum Gasteiger partial charge on any atom is 0.0569 e. The van der Waals surface area contributed by atoms with E-state index in [1.165, 1.54) is 37.1 Å². The number of aryl methyl sites for hydroxylation is 2. The molecule has 1 fully saturated rings. The maximum absolute atomic E-state index is 6.11. The summed E-state index contributed by atoms with van der Waals surface area (Å²) in [6.45, 7) is 7.53. The molecule has 0 aromatic carbocycles. The second-order valence-electron chi connectivity index (χ2n) is 5.58. The van der Waals surface area contributed by atoms with Gasteiger partial charge >= 0.3 is 0 Å². The first-order valence-corrected chi connectivity index (χ1v) is 6.44. The van der Waals surface area contributed by atoms with Gasteiger partial charge in [0.1, 0.15) is 0 Å². The van der Waals surface area contributed by atoms with Crippen molar-refractivity contribution in [3.05, 3.63) is 23.5 Å². The van der Waals surface area contributed by atoms with E-state index < -0.39 is 0 Å². The van der Waals surface area contributed by atoms with Gasteiger partial charge in [0.25, 0.3) is 0 Å². The Morgan fingerprint density at radius 1 is 1.38 bits per heavy atom. The average molecular weight is 220 g/mol. The Morgan fingerprint density at radius 2 is 2.00 bits per heavy atom. The summed E-state index contributed by atoms with van der Waals surface area (Å²) in [5.74, 6) is 0.804. The normalized spacial score (nSPS) is 30.6. The summed E-state index contributed by atoms with van der Waals surface area (Å²) in [5.41, 5.74) is 9.02. The number of aromatic nitrogens is 1. The highest BCUT2D eigenvalue weighted by Gasteiger charge is 2.36. The fourth-order valence-corrected chi connectivity index (χ4v) is 3.53. The topological polar surface area (TPSA) is 30.9 Å². The SMILES string of the molecule is Cc1ccc(C)n1C1(CN)CCCC(C)C1. The Kier molecular flexibility index (Phi) is 3.11. The molecule has 1 saturated carbocycles. The molecule has 0 saturated heterocycles. The first kappa shape index (κ1) is 11.7. The minimum atomic E-state index is 0.190. The molecule has 0 spiro atoms. The van der Waals surface area contributed by atoms with E-state index in [1.807, 2.05) is 0 Å². The largest absolute Gasteiger partial charge is 0.342 e. The Labute approximate surface area is 98.8 Å². The summed E-state index contributed by atoms with van der Waals surface area (Å²) < 4.78 is 2.49. The molecule has 1 aromatic heterocycles. The van der Waals surface area contributed by atoms with E-state index in [0.29, 0.717) is 0 Å². The van der Waals surface area contributed by atoms with E-state index in [0.717, 1.165) is 12.5 Å². The fourth-order valence-electron chi connectivity index (χ4n) is 3.53. The molecule has 2 unspecified atom stereocenters. The zero-order valence-corrected chi connectivity index (χ0v) is 10.8. The van der Waals surface area contributed by atoms with Gasteiger partial charge in [-0.2, -0.15) is 0 Å². The summed E-state index contributed by atoms with van der Waals surface area (Å²) in [4.78, 5) is 0. The van der Waals surface area contributed by atoms with Gasteiger partial charge in [-0.3, -0.25) is 0 Å². The smallest absolute Gasteiger partial charge is 0.0569 e. The van der Waals surface area contributed by atoms with Crippen LogP contribution in [0.5, 0.6) is 0 Å². The number of nitrogens with zero attached hydrogens (tertiary/aromatic N) is 1. The second-order valence-corrected chi connectivity index (χ2v) is 5.58. The highest BCUT2D eigenvalue weighted by atomic mass is 15.1. The highest BCUT2D eigenvalue weighted by molar-refractivity contribution is 5.18. The lowest BCUT2D eigenvalue weighted by Crippen LogP contribution is -2.45. The summed E-state index contributed by atoms with van der Waals surface area (Å²) in [6.07, 6.45) is 5.15. The van der Waals surface area contributed by atoms with Crippen LogP contribution in [0.4, 0.5) is 0 Å². The molecule has 0 amide bonds. The molecule has 1 aromatic rings. The van der Waals surface area contributed by atoms with Crippen LogP contribution >= 0.6 is 0 Å². The lowest BCUT2D eigenvalue weighted by molar-refractivity contribution is 0.156. The summed E-state index contributed by atoms with van der Waals surface area (Å²) in [6, 6.07) is 4.43. The number of hydrogen-bond acceptors (Lipinski definition) is 1. The molecule has 1 heterocycles. The van der Waals surface area contributed by atoms with Gasteiger partial charge in [-0.15, -0.1) is 0 Å². The van der Waals surface area contributed by atoms with Gasteiger partial charge in [-0.1, -0.05) is 19.8 Å². The Balaban J connectivity index is 2.41. The molecule has 16 heavy (non-hydrogen) atoms. The second kappa shape index (κ2) is 4.25. The molecular formula is C14H24N2. The quantitative estimate of drug-likeness (QED) is 0.816. The lowest BCUT2D eigenvalue weighted by Gasteiger charge is -2.42. The summed E-state index contributed by atoms with van der Waals surface area (Å²) >= 11 is 0. The monoisotopic (exact) mass is 220 g/mol. The fraction of sp³-hybridized carbons (Fsp3) is 0.714. The maximum atomic E-state index is 6.11. The molecule has 0 aliphatic heterocycles. The van der Waals surface area contributed by atoms with Crippen LogP contribution in [0.3, 0.4) is 0 Å². The molecule has 2 N–H and O–H groups in total. The number of rotatable bonds is 2. The van der Waals surface area contributed by atoms with Gasteiger partial charge in [-0.25, -0.2) is 0 Å². The first-order chi connectivity index (χ1) is 7.59. The van der Waals surface area contributed by atoms with Crippen molar-refractivity contribution < 1.29 is 0 Å². The van der Waals surface area contributed by atoms with Gasteiger partial charge in [0.05, 0.1) is 5.54 Å². The predicted octanol–water partition coefficient (Wildman–Crippen LogP) is 2.97. The van der Waals surface area contributed by atoms with Crippen molar-refractivity contribution in [2.75, 3.05) is 6.54 Å². The van der Waals surface area contributed by atoms with Gasteiger partial charge in [-0.05, 0) is 44.7 Å². The van der Waals surface area contributed by atoms with Gasteiger partial charge in [0, 0.05) is 17.9 Å². The summed E-state index contributed by atoms with van der Waals surface area (Å²) in [7, 11) is 0. The Bertz CT molecular complexity index is 347. The van der Waals surface area contributed by atoms with Crippen molar-refractivity contribution in [2.24, 2.45) is 11.7 Å². The first-order valence-electron chi connectivity index (χ1n) is 6.44. The van der Waals surface area contributed by atoms with Crippen LogP contribution in [0.25, 0.3) is 0 Å². The van der Waals surface area contributed by atoms with Crippen molar-refractivity contribution in [3.63, 3.8) is 0 Å². The van der Waals surface area contributed by atoms with Gasteiger partial charge < -0.3 is 10.3 Å². The number of hydrogen-bond donors (Lipinski definition) is 1. The molecule has 0 bridgehead atoms. The van der Waals surface area contributed by atoms with Gasteiger partial charge in [0.15, 0.2) is 0 Å². The molecule has 2 atom stereocenters. The van der Waals surface area contributed by atoms with Crippen molar-refractivity contribution in [3.8, 4) is 0 Å². The van der Waals surface area contributed by atoms with Crippen molar-refractivity contribution in [1.82, 2.24) is 4.57 Å². The van der Waals surface area contributed by atoms with E-state index in [9.17, 15) is 0 Å². The van der Waals surface area contributed by atoms with E-state index in [2.05, 4.69) is 37.5 Å². The van der Waals surface area contributed by atoms with Crippen molar-refractivity contribution >= 4 is 0 Å². The van der Waals surface area contributed by atoms with Crippen LogP contribution in [0.15, 0.2) is 12.1 Å². The highest BCUT2D eigenvalue weighted by Crippen LogP contribution is 2.39. The van der Waals surface area contributed by atoms with E-state index in [4.69, 9.17) is 5.73 Å². The number of nitrogens with two attached hydrogens (primary N) is 1. The molecule has 2 nitrogen and oxygen atoms in total. The van der Waals surface area contributed by atoms with E-state index >= 15 is 0 Å². The predicted molar refractivity (Wildman–Crippen MR) is 68.6 cm³/mol. The minimum absolute atomic E-state index is 0.190. The molecular weight excluding hydrogens is 196 g/mol. The summed E-state index contributed by atoms with van der Waals surface area (Å²) in [5, 5.41) is 0. The molecule has 1 aliphatic rings. The van der Waals surface area contributed by atoms with Gasteiger partial charge in [0.2, 0.25) is 0 Å². The van der Waals surface area contributed by atoms with E-state index in [-0.39, 0.29) is 5.54 Å². The molecule has 2 rings (SSSR count). The van der Waals surface area contributed by atoms with Crippen LogP contribution in [-0.2, 0) is 5.54 Å². The van der Waals surface area contributed by atoms with Crippen LogP contribution in [0, 0.1) is 19.8 Å². The van der Waals surface area contributed by atoms with Crippen molar-refractivity contribution in [2.45, 2.75) is 52.0 Å². The van der Waals surface area contributed by atoms with E-state index in [1.54, 1.807) is 0 Å². The minimum Gasteiger partial charge on any atom is -0.342 e. The Morgan fingerprint density at radius 3 is 2.50 bits per heavy atom. The third-order valence-corrected chi connectivity index (χ3v) is 4.19. The van der Waals surface area contributed by atoms with Crippen LogP contribution in [-0.4, -0.2) is 11.1 Å². The van der Waals surface area contributed by atoms with Crippen molar-refractivity contribution in [1.29, 1.82) is 0 Å². The third-order valence-electron chi connectivity index (χ3n) is 4.19. The average Bonchev–Trinajstić information content (AvgIpc) is 2.59. The lowest BCUT2D eigenvalue weighted by atomic mass is 9.76. The molecule has 1 aliphatic carbocycles. The zero-order valence-electron chi connectivity index (χ0n) is 10.8. The molecule has 2 heteroatoms. The zero-order chi connectivity index (χ0) is 11.8. The standard InChI is InChI=1S/C14H24N2/c1-11-5-4-8-14(9-11,10-15)16-12(2)6-7-13(16)3/h6-7,11H,4-5,8-10,15H2,1-3H3. The third kappa shape index (κ3) is 1.80. The molecule has 90 valence electrons.